The maximum Gasteiger partial charge on any atom is 0.511 e. The van der Waals surface area contributed by atoms with Crippen LogP contribution in [0.5, 0.6) is 5.75 Å². The van der Waals surface area contributed by atoms with Crippen molar-refractivity contribution < 1.29 is 27.8 Å². The Morgan fingerprint density at radius 3 is 2.24 bits per heavy atom. The van der Waals surface area contributed by atoms with E-state index >= 15 is 0 Å². The van der Waals surface area contributed by atoms with Gasteiger partial charge in [0.2, 0.25) is 5.75 Å². The minimum absolute atomic E-state index is 0.150. The fourth-order valence-corrected chi connectivity index (χ4v) is 4.52. The normalized spacial score (nSPS) is 11.7. The van der Waals surface area contributed by atoms with E-state index in [4.69, 9.17) is 16.7 Å². The molecule has 1 N–H and O–H groups in total. The zero-order valence-electron chi connectivity index (χ0n) is 20.0. The fourth-order valence-electron chi connectivity index (χ4n) is 4.23. The Kier molecular flexibility index (Phi) is 6.98. The van der Waals surface area contributed by atoms with Gasteiger partial charge < -0.3 is 9.84 Å². The summed E-state index contributed by atoms with van der Waals surface area (Å²) in [7, 11) is 0. The van der Waals surface area contributed by atoms with E-state index in [1.807, 2.05) is 0 Å². The summed E-state index contributed by atoms with van der Waals surface area (Å²) in [6.07, 6.45) is -5.76. The molecule has 0 radical (unpaired) electrons. The molecule has 0 saturated heterocycles. The lowest BCUT2D eigenvalue weighted by Crippen LogP contribution is -2.40. The molecule has 2 aromatic carbocycles. The number of carbonyl (C=O) groups is 1. The van der Waals surface area contributed by atoms with Crippen molar-refractivity contribution in [1.82, 2.24) is 18.3 Å². The van der Waals surface area contributed by atoms with E-state index in [0.29, 0.717) is 28.7 Å². The molecule has 0 saturated carbocycles. The second-order valence-corrected chi connectivity index (χ2v) is 8.50. The van der Waals surface area contributed by atoms with E-state index in [1.165, 1.54) is 27.3 Å². The molecule has 0 aliphatic rings. The van der Waals surface area contributed by atoms with Crippen molar-refractivity contribution in [2.24, 2.45) is 0 Å². The maximum atomic E-state index is 13.4. The highest BCUT2D eigenvalue weighted by Gasteiger charge is 2.34. The van der Waals surface area contributed by atoms with Crippen molar-refractivity contribution in [3.63, 3.8) is 0 Å². The molecule has 0 aliphatic heterocycles. The molecular weight excluding hydrogens is 533 g/mol. The molecule has 200 valence electrons. The summed E-state index contributed by atoms with van der Waals surface area (Å²) >= 11 is 5.95. The summed E-state index contributed by atoms with van der Waals surface area (Å²) in [5, 5.41) is 8.39. The second kappa shape index (κ2) is 9.89. The van der Waals surface area contributed by atoms with Gasteiger partial charge >= 0.3 is 23.7 Å². The Morgan fingerprint density at radius 2 is 1.63 bits per heavy atom. The number of imidazole rings is 1. The van der Waals surface area contributed by atoms with Gasteiger partial charge in [-0.25, -0.2) is 14.4 Å². The van der Waals surface area contributed by atoms with Crippen molar-refractivity contribution in [3.8, 4) is 11.4 Å². The molecule has 2 aromatic heterocycles. The molecule has 0 amide bonds. The number of nitrogens with zero attached hydrogens (tertiary/aromatic N) is 4. The molecule has 4 rings (SSSR count). The lowest BCUT2D eigenvalue weighted by atomic mass is 10.1. The predicted molar refractivity (Wildman–Crippen MR) is 132 cm³/mol. The first-order valence-corrected chi connectivity index (χ1v) is 11.6. The SMILES string of the molecule is CCn1c(=O)n(CC)c2cc(-n3cc(OC(=O)O)c(=O)n(Cc4cccc(C(F)(F)F)c4Cl)c3=O)ccc21. The zero-order valence-corrected chi connectivity index (χ0v) is 20.7. The Hall–Kier alpha value is -4.26. The predicted octanol–water partition coefficient (Wildman–Crippen LogP) is 3.93. The Labute approximate surface area is 216 Å². The summed E-state index contributed by atoms with van der Waals surface area (Å²) < 4.78 is 49.0. The van der Waals surface area contributed by atoms with Gasteiger partial charge in [-0.2, -0.15) is 13.2 Å². The van der Waals surface area contributed by atoms with Gasteiger partial charge in [-0.15, -0.1) is 0 Å². The number of hydrogen-bond donors (Lipinski definition) is 1. The Balaban J connectivity index is 1.96. The van der Waals surface area contributed by atoms with Gasteiger partial charge in [-0.05, 0) is 43.7 Å². The highest BCUT2D eigenvalue weighted by Crippen LogP contribution is 2.36. The number of aromatic nitrogens is 4. The number of fused-ring (bicyclic) bond motifs is 1. The van der Waals surface area contributed by atoms with Crippen LogP contribution in [0.1, 0.15) is 25.0 Å². The lowest BCUT2D eigenvalue weighted by Gasteiger charge is -2.15. The maximum absolute atomic E-state index is 13.4. The van der Waals surface area contributed by atoms with E-state index < -0.39 is 46.5 Å². The van der Waals surface area contributed by atoms with E-state index in [0.717, 1.165) is 22.9 Å². The number of alkyl halides is 3. The molecule has 2 heterocycles. The van der Waals surface area contributed by atoms with Gasteiger partial charge in [-0.1, -0.05) is 23.7 Å². The van der Waals surface area contributed by atoms with Crippen LogP contribution in [0.25, 0.3) is 16.7 Å². The molecule has 10 nitrogen and oxygen atoms in total. The number of ether oxygens (including phenoxy) is 1. The third kappa shape index (κ3) is 4.60. The smallest absolute Gasteiger partial charge is 0.449 e. The number of rotatable bonds is 6. The van der Waals surface area contributed by atoms with Crippen LogP contribution in [0.4, 0.5) is 18.0 Å². The van der Waals surface area contributed by atoms with Crippen LogP contribution >= 0.6 is 11.6 Å². The average Bonchev–Trinajstić information content (AvgIpc) is 3.12. The second-order valence-electron chi connectivity index (χ2n) is 8.13. The molecular formula is C24H20ClF3N4O6. The first-order chi connectivity index (χ1) is 17.9. The van der Waals surface area contributed by atoms with Crippen molar-refractivity contribution >= 4 is 28.8 Å². The van der Waals surface area contributed by atoms with Crippen molar-refractivity contribution in [2.45, 2.75) is 39.7 Å². The third-order valence-corrected chi connectivity index (χ3v) is 6.41. The van der Waals surface area contributed by atoms with Crippen LogP contribution in [-0.2, 0) is 25.8 Å². The summed E-state index contributed by atoms with van der Waals surface area (Å²) in [5.74, 6) is -0.765. The van der Waals surface area contributed by atoms with Gasteiger partial charge in [0.05, 0.1) is 40.0 Å². The van der Waals surface area contributed by atoms with Crippen LogP contribution in [0.15, 0.2) is 57.0 Å². The van der Waals surface area contributed by atoms with Crippen LogP contribution in [-0.4, -0.2) is 29.5 Å². The third-order valence-electron chi connectivity index (χ3n) is 5.96. The van der Waals surface area contributed by atoms with Gasteiger partial charge in [-0.3, -0.25) is 23.1 Å². The Morgan fingerprint density at radius 1 is 0.974 bits per heavy atom. The summed E-state index contributed by atoms with van der Waals surface area (Å²) in [6.45, 7) is 3.56. The molecule has 0 atom stereocenters. The first kappa shape index (κ1) is 26.8. The lowest BCUT2D eigenvalue weighted by molar-refractivity contribution is -0.137. The molecule has 38 heavy (non-hydrogen) atoms. The molecule has 0 unspecified atom stereocenters. The number of aryl methyl sites for hydroxylation is 2. The topological polar surface area (TPSA) is 117 Å². The van der Waals surface area contributed by atoms with Crippen molar-refractivity contribution in [2.75, 3.05) is 0 Å². The molecule has 0 spiro atoms. The molecule has 4 aromatic rings. The molecule has 14 heteroatoms. The van der Waals surface area contributed by atoms with Gasteiger partial charge in [0, 0.05) is 13.1 Å². The van der Waals surface area contributed by atoms with Crippen LogP contribution in [0.3, 0.4) is 0 Å². The molecule has 0 fully saturated rings. The largest absolute Gasteiger partial charge is 0.511 e. The van der Waals surface area contributed by atoms with E-state index in [-0.39, 0.29) is 16.9 Å². The number of hydrogen-bond acceptors (Lipinski definition) is 5. The highest BCUT2D eigenvalue weighted by atomic mass is 35.5. The summed E-state index contributed by atoms with van der Waals surface area (Å²) in [5.41, 5.74) is -2.61. The summed E-state index contributed by atoms with van der Waals surface area (Å²) in [4.78, 5) is 50.3. The van der Waals surface area contributed by atoms with Crippen LogP contribution in [0.2, 0.25) is 5.02 Å². The van der Waals surface area contributed by atoms with Gasteiger partial charge in [0.1, 0.15) is 0 Å². The van der Waals surface area contributed by atoms with E-state index in [1.54, 1.807) is 19.9 Å². The Bertz CT molecular complexity index is 1750. The molecule has 0 aliphatic carbocycles. The standard InChI is InChI=1S/C24H20ClF3N4O6/c1-3-29-16-9-8-14(10-17(16)30(4-2)21(29)34)31-12-18(38-23(36)37)20(33)32(22(31)35)11-13-6-5-7-15(19(13)25)24(26,27)28/h5-10,12H,3-4,11H2,1-2H3,(H,36,37). The summed E-state index contributed by atoms with van der Waals surface area (Å²) in [6, 6.07) is 7.60. The van der Waals surface area contributed by atoms with Gasteiger partial charge in [0.15, 0.2) is 0 Å². The van der Waals surface area contributed by atoms with Crippen molar-refractivity contribution in [3.05, 3.63) is 90.1 Å². The monoisotopic (exact) mass is 552 g/mol. The van der Waals surface area contributed by atoms with Gasteiger partial charge in [0.25, 0.3) is 5.56 Å². The number of halogens is 4. The minimum Gasteiger partial charge on any atom is -0.449 e. The zero-order chi connectivity index (χ0) is 27.9. The van der Waals surface area contributed by atoms with E-state index in [9.17, 15) is 32.3 Å². The quantitative estimate of drug-likeness (QED) is 0.362. The fraction of sp³-hybridized carbons (Fsp3) is 0.250. The van der Waals surface area contributed by atoms with Crippen LogP contribution in [0, 0.1) is 0 Å². The highest BCUT2D eigenvalue weighted by molar-refractivity contribution is 6.32. The average molecular weight is 553 g/mol. The molecule has 0 bridgehead atoms. The first-order valence-electron chi connectivity index (χ1n) is 11.2. The van der Waals surface area contributed by atoms with E-state index in [2.05, 4.69) is 4.74 Å². The number of benzene rings is 2. The van der Waals surface area contributed by atoms with Crippen molar-refractivity contribution in [1.29, 1.82) is 0 Å². The number of carboxylic acid groups (broad SMARTS) is 1. The van der Waals surface area contributed by atoms with Crippen LogP contribution < -0.4 is 21.7 Å². The minimum atomic E-state index is -4.79.